The fourth-order valence-corrected chi connectivity index (χ4v) is 4.60. The van der Waals surface area contributed by atoms with Crippen LogP contribution >= 0.6 is 0 Å². The molecular weight excluding hydrogens is 328 g/mol. The van der Waals surface area contributed by atoms with Crippen molar-refractivity contribution >= 4 is 23.0 Å². The number of nitrogen functional groups attached to an aromatic ring is 1. The van der Waals surface area contributed by atoms with Gasteiger partial charge in [-0.05, 0) is 69.3 Å². The van der Waals surface area contributed by atoms with Gasteiger partial charge in [-0.3, -0.25) is 9.69 Å². The van der Waals surface area contributed by atoms with Crippen molar-refractivity contribution in [3.63, 3.8) is 0 Å². The van der Waals surface area contributed by atoms with E-state index in [-0.39, 0.29) is 12.0 Å². The Hall–Kier alpha value is -2.08. The number of imidazole rings is 1. The second-order valence-corrected chi connectivity index (χ2v) is 7.84. The molecule has 6 heteroatoms. The molecule has 0 radical (unpaired) electrons. The molecule has 4 rings (SSSR count). The fourth-order valence-electron chi connectivity index (χ4n) is 4.60. The monoisotopic (exact) mass is 356 g/mol. The van der Waals surface area contributed by atoms with E-state index in [1.807, 2.05) is 0 Å². The Kier molecular flexibility index (Phi) is 4.85. The minimum absolute atomic E-state index is 0.210. The number of rotatable bonds is 4. The maximum absolute atomic E-state index is 11.2. The highest BCUT2D eigenvalue weighted by Crippen LogP contribution is 2.36. The van der Waals surface area contributed by atoms with Crippen molar-refractivity contribution in [2.24, 2.45) is 5.92 Å². The van der Waals surface area contributed by atoms with Crippen molar-refractivity contribution in [1.29, 1.82) is 0 Å². The molecule has 1 saturated heterocycles. The van der Waals surface area contributed by atoms with Gasteiger partial charge in [-0.2, -0.15) is 0 Å². The number of carboxylic acid groups (broad SMARTS) is 1. The van der Waals surface area contributed by atoms with E-state index in [1.54, 1.807) is 0 Å². The smallest absolute Gasteiger partial charge is 0.306 e. The van der Waals surface area contributed by atoms with Crippen molar-refractivity contribution in [2.45, 2.75) is 57.5 Å². The van der Waals surface area contributed by atoms with Crippen molar-refractivity contribution in [2.75, 3.05) is 18.8 Å². The molecule has 0 unspecified atom stereocenters. The van der Waals surface area contributed by atoms with Gasteiger partial charge >= 0.3 is 5.97 Å². The summed E-state index contributed by atoms with van der Waals surface area (Å²) in [5, 5.41) is 9.20. The third-order valence-corrected chi connectivity index (χ3v) is 6.05. The number of nitrogens with two attached hydrogens (primary N) is 1. The van der Waals surface area contributed by atoms with E-state index in [2.05, 4.69) is 32.7 Å². The Bertz CT molecular complexity index is 786. The lowest BCUT2D eigenvalue weighted by Crippen LogP contribution is -2.29. The number of hydrogen-bond acceptors (Lipinski definition) is 4. The predicted octanol–water partition coefficient (Wildman–Crippen LogP) is 3.42. The molecule has 6 nitrogen and oxygen atoms in total. The highest BCUT2D eigenvalue weighted by atomic mass is 16.4. The van der Waals surface area contributed by atoms with E-state index in [4.69, 9.17) is 5.73 Å². The topological polar surface area (TPSA) is 84.4 Å². The minimum atomic E-state index is -0.672. The second kappa shape index (κ2) is 7.27. The van der Waals surface area contributed by atoms with Crippen LogP contribution in [0, 0.1) is 5.92 Å². The van der Waals surface area contributed by atoms with Crippen LogP contribution < -0.4 is 5.73 Å². The van der Waals surface area contributed by atoms with E-state index in [0.29, 0.717) is 18.8 Å². The molecule has 0 amide bonds. The van der Waals surface area contributed by atoms with Crippen LogP contribution in [0.2, 0.25) is 0 Å². The van der Waals surface area contributed by atoms with Crippen LogP contribution in [0.3, 0.4) is 0 Å². The van der Waals surface area contributed by atoms with Crippen LogP contribution in [-0.2, 0) is 11.3 Å². The average molecular weight is 356 g/mol. The zero-order valence-electron chi connectivity index (χ0n) is 15.2. The van der Waals surface area contributed by atoms with E-state index < -0.39 is 5.97 Å². The molecule has 3 N–H and O–H groups in total. The summed E-state index contributed by atoms with van der Waals surface area (Å²) in [6, 6.07) is 6.75. The number of anilines is 1. The number of fused-ring (bicyclic) bond motifs is 1. The van der Waals surface area contributed by atoms with Gasteiger partial charge in [-0.15, -0.1) is 0 Å². The summed E-state index contributed by atoms with van der Waals surface area (Å²) in [6.45, 7) is 3.34. The number of carbonyl (C=O) groups is 1. The molecule has 0 atom stereocenters. The lowest BCUT2D eigenvalue weighted by Gasteiger charge is -2.28. The highest BCUT2D eigenvalue weighted by Gasteiger charge is 2.28. The summed E-state index contributed by atoms with van der Waals surface area (Å²) in [4.78, 5) is 18.3. The number of nitrogens with zero attached hydrogens (tertiary/aromatic N) is 3. The number of aromatic nitrogens is 2. The summed E-state index contributed by atoms with van der Waals surface area (Å²) in [6.07, 6.45) is 7.06. The summed E-state index contributed by atoms with van der Waals surface area (Å²) in [7, 11) is 0. The quantitative estimate of drug-likeness (QED) is 0.877. The van der Waals surface area contributed by atoms with Crippen LogP contribution in [0.5, 0.6) is 0 Å². The number of benzene rings is 1. The largest absolute Gasteiger partial charge is 0.481 e. The third kappa shape index (κ3) is 3.43. The van der Waals surface area contributed by atoms with Gasteiger partial charge < -0.3 is 15.4 Å². The molecule has 140 valence electrons. The van der Waals surface area contributed by atoms with E-state index in [0.717, 1.165) is 30.4 Å². The van der Waals surface area contributed by atoms with Gasteiger partial charge in [0.2, 0.25) is 5.95 Å². The van der Waals surface area contributed by atoms with Gasteiger partial charge in [-0.25, -0.2) is 4.98 Å². The molecule has 2 aromatic rings. The predicted molar refractivity (Wildman–Crippen MR) is 102 cm³/mol. The van der Waals surface area contributed by atoms with Crippen molar-refractivity contribution in [3.05, 3.63) is 23.8 Å². The summed E-state index contributed by atoms with van der Waals surface area (Å²) in [5.41, 5.74) is 9.56. The van der Waals surface area contributed by atoms with Gasteiger partial charge in [0.05, 0.1) is 17.0 Å². The van der Waals surface area contributed by atoms with Crippen LogP contribution in [0.25, 0.3) is 11.0 Å². The van der Waals surface area contributed by atoms with Crippen LogP contribution in [0.4, 0.5) is 5.95 Å². The average Bonchev–Trinajstić information content (AvgIpc) is 2.97. The first-order valence-electron chi connectivity index (χ1n) is 9.83. The molecule has 0 bridgehead atoms. The van der Waals surface area contributed by atoms with Gasteiger partial charge in [0, 0.05) is 12.6 Å². The Morgan fingerprint density at radius 1 is 1.15 bits per heavy atom. The van der Waals surface area contributed by atoms with E-state index in [1.165, 1.54) is 37.9 Å². The first-order valence-corrected chi connectivity index (χ1v) is 9.83. The second-order valence-electron chi connectivity index (χ2n) is 7.84. The molecular formula is C20H28N4O2. The number of likely N-dealkylation sites (tertiary alicyclic amines) is 1. The first-order chi connectivity index (χ1) is 12.6. The highest BCUT2D eigenvalue weighted by molar-refractivity contribution is 5.79. The number of carboxylic acids is 1. The Balaban J connectivity index is 1.53. The molecule has 1 aliphatic carbocycles. The molecule has 0 spiro atoms. The molecule has 1 aromatic heterocycles. The lowest BCUT2D eigenvalue weighted by molar-refractivity contribution is -0.143. The molecule has 2 aliphatic rings. The Morgan fingerprint density at radius 2 is 1.88 bits per heavy atom. The zero-order valence-corrected chi connectivity index (χ0v) is 15.2. The number of hydrogen-bond donors (Lipinski definition) is 2. The Labute approximate surface area is 154 Å². The normalized spacial score (nSPS) is 24.8. The van der Waals surface area contributed by atoms with E-state index in [9.17, 15) is 9.90 Å². The first kappa shape index (κ1) is 17.3. The molecule has 1 aliphatic heterocycles. The number of piperidine rings is 1. The molecule has 1 saturated carbocycles. The van der Waals surface area contributed by atoms with Gasteiger partial charge in [0.15, 0.2) is 0 Å². The number of aliphatic carboxylic acids is 1. The Morgan fingerprint density at radius 3 is 2.58 bits per heavy atom. The van der Waals surface area contributed by atoms with Crippen molar-refractivity contribution in [1.82, 2.24) is 14.5 Å². The van der Waals surface area contributed by atoms with E-state index >= 15 is 0 Å². The maximum atomic E-state index is 11.2. The SMILES string of the molecule is Nc1nc2cc(CN3CCCCC3)ccc2n1[C@H]1CC[C@@H](C(=O)O)CC1. The molecule has 2 fully saturated rings. The minimum Gasteiger partial charge on any atom is -0.481 e. The van der Waals surface area contributed by atoms with Crippen LogP contribution in [0.15, 0.2) is 18.2 Å². The summed E-state index contributed by atoms with van der Waals surface area (Å²) >= 11 is 0. The van der Waals surface area contributed by atoms with Crippen molar-refractivity contribution in [3.8, 4) is 0 Å². The van der Waals surface area contributed by atoms with Gasteiger partial charge in [-0.1, -0.05) is 12.5 Å². The van der Waals surface area contributed by atoms with Crippen LogP contribution in [0.1, 0.15) is 56.6 Å². The zero-order chi connectivity index (χ0) is 18.1. The standard InChI is InChI=1S/C20H28N4O2/c21-20-22-17-12-14(13-23-10-2-1-3-11-23)4-9-18(17)24(20)16-7-5-15(6-8-16)19(25)26/h4,9,12,15-16H,1-3,5-8,10-11,13H2,(H2,21,22)(H,25,26)/t15-,16+. The fraction of sp³-hybridized carbons (Fsp3) is 0.600. The molecule has 1 aromatic carbocycles. The lowest BCUT2D eigenvalue weighted by atomic mass is 9.86. The third-order valence-electron chi connectivity index (χ3n) is 6.05. The van der Waals surface area contributed by atoms with Gasteiger partial charge in [0.1, 0.15) is 0 Å². The molecule has 2 heterocycles. The van der Waals surface area contributed by atoms with Gasteiger partial charge in [0.25, 0.3) is 0 Å². The molecule has 26 heavy (non-hydrogen) atoms. The van der Waals surface area contributed by atoms with Crippen LogP contribution in [-0.4, -0.2) is 38.6 Å². The van der Waals surface area contributed by atoms with Crippen molar-refractivity contribution < 1.29 is 9.90 Å². The maximum Gasteiger partial charge on any atom is 0.306 e. The summed E-state index contributed by atoms with van der Waals surface area (Å²) < 4.78 is 2.12. The summed E-state index contributed by atoms with van der Waals surface area (Å²) in [5.74, 6) is -0.332.